The third-order valence-corrected chi connectivity index (χ3v) is 3.17. The molecule has 0 amide bonds. The van der Waals surface area contributed by atoms with E-state index in [0.717, 1.165) is 5.69 Å². The Bertz CT molecular complexity index is 376. The summed E-state index contributed by atoms with van der Waals surface area (Å²) in [4.78, 5) is 17.5. The molecule has 1 heterocycles. The fourth-order valence-electron chi connectivity index (χ4n) is 2.06. The van der Waals surface area contributed by atoms with E-state index < -0.39 is 11.5 Å². The largest absolute Gasteiger partial charge is 0.480 e. The lowest BCUT2D eigenvalue weighted by Gasteiger charge is -2.38. The SMILES string of the molecule is CCN(C(C)c1ccccn1)C(C)(C)C(=O)O. The van der Waals surface area contributed by atoms with Crippen molar-refractivity contribution < 1.29 is 9.90 Å². The van der Waals surface area contributed by atoms with Crippen LogP contribution in [0.1, 0.15) is 39.4 Å². The van der Waals surface area contributed by atoms with Crippen LogP contribution in [0.25, 0.3) is 0 Å². The average molecular weight is 236 g/mol. The van der Waals surface area contributed by atoms with Gasteiger partial charge in [0.2, 0.25) is 0 Å². The van der Waals surface area contributed by atoms with Gasteiger partial charge in [-0.15, -0.1) is 0 Å². The van der Waals surface area contributed by atoms with Crippen LogP contribution in [-0.2, 0) is 4.79 Å². The second-order valence-corrected chi connectivity index (χ2v) is 4.58. The number of hydrogen-bond donors (Lipinski definition) is 1. The molecule has 1 unspecified atom stereocenters. The quantitative estimate of drug-likeness (QED) is 0.852. The van der Waals surface area contributed by atoms with E-state index in [4.69, 9.17) is 0 Å². The highest BCUT2D eigenvalue weighted by atomic mass is 16.4. The molecule has 1 aromatic heterocycles. The average Bonchev–Trinajstić information content (AvgIpc) is 2.30. The first kappa shape index (κ1) is 13.6. The smallest absolute Gasteiger partial charge is 0.323 e. The number of aliphatic carboxylic acids is 1. The molecule has 1 aromatic rings. The van der Waals surface area contributed by atoms with Crippen LogP contribution in [-0.4, -0.2) is 33.0 Å². The summed E-state index contributed by atoms with van der Waals surface area (Å²) in [6.45, 7) is 8.05. The van der Waals surface area contributed by atoms with Gasteiger partial charge < -0.3 is 5.11 Å². The van der Waals surface area contributed by atoms with Crippen LogP contribution in [0, 0.1) is 0 Å². The minimum Gasteiger partial charge on any atom is -0.480 e. The zero-order valence-electron chi connectivity index (χ0n) is 10.8. The Hall–Kier alpha value is -1.42. The minimum absolute atomic E-state index is 0.0210. The third-order valence-electron chi connectivity index (χ3n) is 3.17. The van der Waals surface area contributed by atoms with E-state index in [0.29, 0.717) is 6.54 Å². The van der Waals surface area contributed by atoms with Gasteiger partial charge in [0.25, 0.3) is 0 Å². The molecule has 0 bridgehead atoms. The molecule has 4 heteroatoms. The number of likely N-dealkylation sites (N-methyl/N-ethyl adjacent to an activating group) is 1. The predicted octanol–water partition coefficient (Wildman–Crippen LogP) is 2.33. The van der Waals surface area contributed by atoms with Crippen molar-refractivity contribution in [3.63, 3.8) is 0 Å². The van der Waals surface area contributed by atoms with Crippen LogP contribution in [0.5, 0.6) is 0 Å². The summed E-state index contributed by atoms with van der Waals surface area (Å²) in [5.74, 6) is -0.817. The van der Waals surface area contributed by atoms with Gasteiger partial charge in [-0.05, 0) is 39.4 Å². The molecule has 0 aliphatic rings. The Labute approximate surface area is 102 Å². The highest BCUT2D eigenvalue weighted by Crippen LogP contribution is 2.26. The first-order chi connectivity index (χ1) is 7.91. The van der Waals surface area contributed by atoms with E-state index in [1.54, 1.807) is 20.0 Å². The maximum atomic E-state index is 11.3. The lowest BCUT2D eigenvalue weighted by molar-refractivity contribution is -0.150. The van der Waals surface area contributed by atoms with Crippen LogP contribution in [0.15, 0.2) is 24.4 Å². The van der Waals surface area contributed by atoms with Crippen molar-refractivity contribution in [1.82, 2.24) is 9.88 Å². The normalized spacial score (nSPS) is 13.7. The fraction of sp³-hybridized carbons (Fsp3) is 0.538. The molecule has 0 fully saturated rings. The summed E-state index contributed by atoms with van der Waals surface area (Å²) in [6.07, 6.45) is 1.73. The van der Waals surface area contributed by atoms with Gasteiger partial charge in [0, 0.05) is 6.20 Å². The van der Waals surface area contributed by atoms with Crippen LogP contribution in [0.2, 0.25) is 0 Å². The number of rotatable bonds is 5. The second kappa shape index (κ2) is 5.27. The van der Waals surface area contributed by atoms with Crippen molar-refractivity contribution >= 4 is 5.97 Å². The molecule has 17 heavy (non-hydrogen) atoms. The first-order valence-electron chi connectivity index (χ1n) is 5.82. The number of carboxylic acid groups (broad SMARTS) is 1. The van der Waals surface area contributed by atoms with Gasteiger partial charge in [-0.3, -0.25) is 14.7 Å². The van der Waals surface area contributed by atoms with Gasteiger partial charge in [-0.2, -0.15) is 0 Å². The molecule has 0 saturated heterocycles. The lowest BCUT2D eigenvalue weighted by atomic mass is 9.99. The van der Waals surface area contributed by atoms with Crippen molar-refractivity contribution in [2.75, 3.05) is 6.54 Å². The number of pyridine rings is 1. The lowest BCUT2D eigenvalue weighted by Crippen LogP contribution is -2.51. The van der Waals surface area contributed by atoms with E-state index in [2.05, 4.69) is 4.98 Å². The minimum atomic E-state index is -0.897. The standard InChI is InChI=1S/C13H20N2O2/c1-5-15(13(3,4)12(16)17)10(2)11-8-6-7-9-14-11/h6-10H,5H2,1-4H3,(H,16,17). The molecule has 1 rings (SSSR count). The van der Waals surface area contributed by atoms with E-state index in [1.165, 1.54) is 0 Å². The van der Waals surface area contributed by atoms with Crippen molar-refractivity contribution in [2.45, 2.75) is 39.3 Å². The summed E-state index contributed by atoms with van der Waals surface area (Å²) in [5, 5.41) is 9.28. The molecule has 1 N–H and O–H groups in total. The molecule has 4 nitrogen and oxygen atoms in total. The maximum absolute atomic E-state index is 11.3. The molecule has 0 aromatic carbocycles. The Morgan fingerprint density at radius 3 is 2.59 bits per heavy atom. The molecule has 1 atom stereocenters. The van der Waals surface area contributed by atoms with Gasteiger partial charge >= 0.3 is 5.97 Å². The van der Waals surface area contributed by atoms with E-state index in [1.807, 2.05) is 36.9 Å². The second-order valence-electron chi connectivity index (χ2n) is 4.58. The van der Waals surface area contributed by atoms with Gasteiger partial charge in [0.15, 0.2) is 0 Å². The summed E-state index contributed by atoms with van der Waals surface area (Å²) in [6, 6.07) is 5.67. The monoisotopic (exact) mass is 236 g/mol. The highest BCUT2D eigenvalue weighted by Gasteiger charge is 2.37. The Morgan fingerprint density at radius 1 is 1.53 bits per heavy atom. The highest BCUT2D eigenvalue weighted by molar-refractivity contribution is 5.77. The van der Waals surface area contributed by atoms with E-state index >= 15 is 0 Å². The summed E-state index contributed by atoms with van der Waals surface area (Å²) >= 11 is 0. The molecule has 0 radical (unpaired) electrons. The fourth-order valence-corrected chi connectivity index (χ4v) is 2.06. The number of carbonyl (C=O) groups is 1. The van der Waals surface area contributed by atoms with Gasteiger partial charge in [0.05, 0.1) is 11.7 Å². The predicted molar refractivity (Wildman–Crippen MR) is 66.7 cm³/mol. The summed E-state index contributed by atoms with van der Waals surface area (Å²) in [7, 11) is 0. The van der Waals surface area contributed by atoms with Gasteiger partial charge in [-0.25, -0.2) is 0 Å². The van der Waals surface area contributed by atoms with Crippen molar-refractivity contribution in [3.05, 3.63) is 30.1 Å². The topological polar surface area (TPSA) is 53.4 Å². The van der Waals surface area contributed by atoms with Crippen molar-refractivity contribution in [3.8, 4) is 0 Å². The molecule has 0 aliphatic heterocycles. The van der Waals surface area contributed by atoms with Crippen LogP contribution >= 0.6 is 0 Å². The molecule has 94 valence electrons. The molecular weight excluding hydrogens is 216 g/mol. The molecule has 0 spiro atoms. The zero-order chi connectivity index (χ0) is 13.1. The number of aromatic nitrogens is 1. The van der Waals surface area contributed by atoms with Crippen LogP contribution in [0.4, 0.5) is 0 Å². The van der Waals surface area contributed by atoms with Gasteiger partial charge in [0.1, 0.15) is 5.54 Å². The van der Waals surface area contributed by atoms with Crippen LogP contribution < -0.4 is 0 Å². The summed E-state index contributed by atoms with van der Waals surface area (Å²) in [5.41, 5.74) is -0.00484. The Kier molecular flexibility index (Phi) is 4.23. The maximum Gasteiger partial charge on any atom is 0.323 e. The van der Waals surface area contributed by atoms with Crippen molar-refractivity contribution in [1.29, 1.82) is 0 Å². The number of carboxylic acids is 1. The van der Waals surface area contributed by atoms with E-state index in [-0.39, 0.29) is 6.04 Å². The molecule has 0 aliphatic carbocycles. The van der Waals surface area contributed by atoms with E-state index in [9.17, 15) is 9.90 Å². The van der Waals surface area contributed by atoms with Crippen molar-refractivity contribution in [2.24, 2.45) is 0 Å². The molecular formula is C13H20N2O2. The third kappa shape index (κ3) is 2.82. The van der Waals surface area contributed by atoms with Crippen LogP contribution in [0.3, 0.4) is 0 Å². The number of hydrogen-bond acceptors (Lipinski definition) is 3. The Balaban J connectivity index is 3.00. The first-order valence-corrected chi connectivity index (χ1v) is 5.82. The zero-order valence-corrected chi connectivity index (χ0v) is 10.8. The number of nitrogens with zero attached hydrogens (tertiary/aromatic N) is 2. The summed E-state index contributed by atoms with van der Waals surface area (Å²) < 4.78 is 0. The molecule has 0 saturated carbocycles. The Morgan fingerprint density at radius 2 is 2.18 bits per heavy atom. The van der Waals surface area contributed by atoms with Gasteiger partial charge in [-0.1, -0.05) is 13.0 Å².